The molecule has 0 radical (unpaired) electrons. The number of aliphatic hydroxyl groups excluding tert-OH is 1. The van der Waals surface area contributed by atoms with Crippen LogP contribution in [0.3, 0.4) is 0 Å². The molecule has 210 valence electrons. The summed E-state index contributed by atoms with van der Waals surface area (Å²) in [6.45, 7) is 8.01. The molecule has 2 aromatic rings. The van der Waals surface area contributed by atoms with E-state index in [0.29, 0.717) is 24.4 Å². The standard InChI is InChI=1S/C31H35N3O5S/c1-4-17-32(21-9-7-6-8-10-21)28(36)25-24-15-16-31(40-24)26(25)29(37)34(19-20-35)27(31)30(38)33(18-5-2)22-11-13-23(39-3)14-12-22/h4-14,24-27,35H,1-2,15-20H2,3H3/t24-,25+,26-,27?,31?/m0/s1. The second kappa shape index (κ2) is 11.5. The summed E-state index contributed by atoms with van der Waals surface area (Å²) in [5.74, 6) is -1.15. The lowest BCUT2D eigenvalue weighted by Gasteiger charge is -2.37. The van der Waals surface area contributed by atoms with Gasteiger partial charge in [0.1, 0.15) is 11.8 Å². The lowest BCUT2D eigenvalue weighted by Crippen LogP contribution is -2.55. The van der Waals surface area contributed by atoms with Gasteiger partial charge in [0.2, 0.25) is 11.8 Å². The number of methoxy groups -OCH3 is 1. The summed E-state index contributed by atoms with van der Waals surface area (Å²) >= 11 is 1.61. The Labute approximate surface area is 239 Å². The Balaban J connectivity index is 1.53. The van der Waals surface area contributed by atoms with Crippen molar-refractivity contribution in [3.8, 4) is 5.75 Å². The molecule has 3 aliphatic rings. The fourth-order valence-corrected chi connectivity index (χ4v) is 8.87. The molecule has 5 rings (SSSR count). The molecule has 5 atom stereocenters. The van der Waals surface area contributed by atoms with Gasteiger partial charge in [-0.25, -0.2) is 0 Å². The highest BCUT2D eigenvalue weighted by molar-refractivity contribution is 8.02. The van der Waals surface area contributed by atoms with Crippen molar-refractivity contribution in [1.29, 1.82) is 0 Å². The van der Waals surface area contributed by atoms with Crippen LogP contribution in [0.1, 0.15) is 12.8 Å². The molecule has 40 heavy (non-hydrogen) atoms. The average Bonchev–Trinajstić information content (AvgIpc) is 3.62. The van der Waals surface area contributed by atoms with Crippen molar-refractivity contribution < 1.29 is 24.2 Å². The van der Waals surface area contributed by atoms with Crippen LogP contribution in [0.25, 0.3) is 0 Å². The van der Waals surface area contributed by atoms with E-state index in [0.717, 1.165) is 12.1 Å². The average molecular weight is 562 g/mol. The summed E-state index contributed by atoms with van der Waals surface area (Å²) in [4.78, 5) is 47.6. The van der Waals surface area contributed by atoms with Gasteiger partial charge in [0.15, 0.2) is 0 Å². The maximum absolute atomic E-state index is 14.4. The normalized spacial score (nSPS) is 26.4. The molecule has 2 aromatic carbocycles. The second-order valence-corrected chi connectivity index (χ2v) is 11.9. The summed E-state index contributed by atoms with van der Waals surface area (Å²) in [7, 11) is 1.58. The van der Waals surface area contributed by atoms with E-state index in [2.05, 4.69) is 13.2 Å². The van der Waals surface area contributed by atoms with E-state index in [9.17, 15) is 19.5 Å². The van der Waals surface area contributed by atoms with E-state index < -0.39 is 22.6 Å². The first-order chi connectivity index (χ1) is 19.4. The Kier molecular flexibility index (Phi) is 8.05. The Bertz CT molecular complexity index is 1290. The van der Waals surface area contributed by atoms with E-state index in [1.165, 1.54) is 4.90 Å². The number of carbonyl (C=O) groups excluding carboxylic acids is 3. The minimum atomic E-state index is -0.809. The fourth-order valence-electron chi connectivity index (χ4n) is 6.66. The van der Waals surface area contributed by atoms with Crippen LogP contribution >= 0.6 is 11.8 Å². The maximum Gasteiger partial charge on any atom is 0.251 e. The summed E-state index contributed by atoms with van der Waals surface area (Å²) < 4.78 is 4.53. The van der Waals surface area contributed by atoms with Gasteiger partial charge in [-0.05, 0) is 49.2 Å². The monoisotopic (exact) mass is 561 g/mol. The minimum absolute atomic E-state index is 0.0270. The number of hydrogen-bond acceptors (Lipinski definition) is 6. The number of benzene rings is 2. The molecule has 1 spiro atoms. The van der Waals surface area contributed by atoms with Crippen molar-refractivity contribution in [2.45, 2.75) is 28.9 Å². The number of likely N-dealkylation sites (tertiary alicyclic amines) is 1. The van der Waals surface area contributed by atoms with Gasteiger partial charge in [-0.1, -0.05) is 30.4 Å². The number of aliphatic hydroxyl groups is 1. The molecule has 0 aromatic heterocycles. The first kappa shape index (κ1) is 28.0. The maximum atomic E-state index is 14.4. The zero-order chi connectivity index (χ0) is 28.4. The van der Waals surface area contributed by atoms with E-state index in [1.54, 1.807) is 65.1 Å². The number of rotatable bonds is 11. The topological polar surface area (TPSA) is 90.4 Å². The summed E-state index contributed by atoms with van der Waals surface area (Å²) in [5.41, 5.74) is 1.41. The smallest absolute Gasteiger partial charge is 0.251 e. The van der Waals surface area contributed by atoms with Crippen molar-refractivity contribution in [3.63, 3.8) is 0 Å². The van der Waals surface area contributed by atoms with Gasteiger partial charge >= 0.3 is 0 Å². The molecule has 1 N–H and O–H groups in total. The number of thioether (sulfide) groups is 1. The largest absolute Gasteiger partial charge is 0.497 e. The number of hydrogen-bond donors (Lipinski definition) is 1. The lowest BCUT2D eigenvalue weighted by molar-refractivity contribution is -0.139. The third-order valence-electron chi connectivity index (χ3n) is 8.27. The van der Waals surface area contributed by atoms with Crippen molar-refractivity contribution >= 4 is 40.9 Å². The zero-order valence-corrected chi connectivity index (χ0v) is 23.5. The van der Waals surface area contributed by atoms with Gasteiger partial charge in [-0.3, -0.25) is 14.4 Å². The molecule has 8 nitrogen and oxygen atoms in total. The summed E-state index contributed by atoms with van der Waals surface area (Å²) in [6, 6.07) is 15.8. The molecule has 9 heteroatoms. The summed E-state index contributed by atoms with van der Waals surface area (Å²) in [5, 5.41) is 9.86. The molecule has 3 aliphatic heterocycles. The lowest BCUT2D eigenvalue weighted by atomic mass is 9.70. The molecule has 2 bridgehead atoms. The molecule has 0 saturated carbocycles. The van der Waals surface area contributed by atoms with Crippen LogP contribution in [0.2, 0.25) is 0 Å². The van der Waals surface area contributed by atoms with E-state index in [1.807, 2.05) is 30.3 Å². The first-order valence-corrected chi connectivity index (χ1v) is 14.4. The quantitative estimate of drug-likeness (QED) is 0.423. The Morgan fingerprint density at radius 1 is 1.05 bits per heavy atom. The molecule has 3 amide bonds. The number of β-amino-alcohol motifs (C(OH)–C–C–N with tert-alkyl or cyclic N) is 1. The van der Waals surface area contributed by atoms with Gasteiger partial charge in [0, 0.05) is 36.3 Å². The molecule has 2 unspecified atom stereocenters. The second-order valence-electron chi connectivity index (χ2n) is 10.3. The number of para-hydroxylation sites is 1. The van der Waals surface area contributed by atoms with Gasteiger partial charge in [-0.15, -0.1) is 24.9 Å². The number of anilines is 2. The van der Waals surface area contributed by atoms with Gasteiger partial charge < -0.3 is 24.5 Å². The van der Waals surface area contributed by atoms with Crippen LogP contribution < -0.4 is 14.5 Å². The van der Waals surface area contributed by atoms with Crippen molar-refractivity contribution in [1.82, 2.24) is 4.90 Å². The Morgan fingerprint density at radius 2 is 1.68 bits per heavy atom. The fraction of sp³-hybridized carbons (Fsp3) is 0.387. The molecular weight excluding hydrogens is 526 g/mol. The predicted octanol–water partition coefficient (Wildman–Crippen LogP) is 3.52. The predicted molar refractivity (Wildman–Crippen MR) is 157 cm³/mol. The minimum Gasteiger partial charge on any atom is -0.497 e. The third-order valence-corrected chi connectivity index (χ3v) is 10.2. The molecular formula is C31H35N3O5S. The summed E-state index contributed by atoms with van der Waals surface area (Å²) in [6.07, 6.45) is 4.73. The molecule has 3 saturated heterocycles. The van der Waals surface area contributed by atoms with Gasteiger partial charge in [-0.2, -0.15) is 0 Å². The number of fused-ring (bicyclic) bond motifs is 1. The van der Waals surface area contributed by atoms with Crippen LogP contribution in [0.15, 0.2) is 79.9 Å². The highest BCUT2D eigenvalue weighted by atomic mass is 32.2. The molecule has 0 aliphatic carbocycles. The van der Waals surface area contributed by atoms with Gasteiger partial charge in [0.05, 0.1) is 30.3 Å². The van der Waals surface area contributed by atoms with Gasteiger partial charge in [0.25, 0.3) is 5.91 Å². The van der Waals surface area contributed by atoms with Crippen LogP contribution in [-0.4, -0.2) is 77.1 Å². The zero-order valence-electron chi connectivity index (χ0n) is 22.6. The third kappa shape index (κ3) is 4.51. The number of nitrogens with zero attached hydrogens (tertiary/aromatic N) is 3. The van der Waals surface area contributed by atoms with E-state index >= 15 is 0 Å². The van der Waals surface area contributed by atoms with E-state index in [4.69, 9.17) is 4.74 Å². The Morgan fingerprint density at radius 3 is 2.27 bits per heavy atom. The number of ether oxygens (including phenoxy) is 1. The molecule has 3 heterocycles. The van der Waals surface area contributed by atoms with Crippen molar-refractivity contribution in [2.75, 3.05) is 43.2 Å². The van der Waals surface area contributed by atoms with Crippen LogP contribution in [0.4, 0.5) is 11.4 Å². The van der Waals surface area contributed by atoms with Crippen LogP contribution in [-0.2, 0) is 14.4 Å². The van der Waals surface area contributed by atoms with Crippen LogP contribution in [0, 0.1) is 11.8 Å². The SMILES string of the molecule is C=CCN(C(=O)C1N(CCO)C(=O)[C@@H]2[C@H](C(=O)N(CC=C)c3ccccc3)[C@@H]3CCC12S3)c1ccc(OC)cc1. The van der Waals surface area contributed by atoms with Crippen molar-refractivity contribution in [2.24, 2.45) is 11.8 Å². The number of carbonyl (C=O) groups is 3. The Hall–Kier alpha value is -3.56. The highest BCUT2D eigenvalue weighted by Crippen LogP contribution is 2.66. The number of amides is 3. The highest BCUT2D eigenvalue weighted by Gasteiger charge is 2.74. The van der Waals surface area contributed by atoms with Crippen molar-refractivity contribution in [3.05, 3.63) is 79.9 Å². The van der Waals surface area contributed by atoms with Crippen LogP contribution in [0.5, 0.6) is 5.75 Å². The first-order valence-electron chi connectivity index (χ1n) is 13.5. The molecule has 3 fully saturated rings. The van der Waals surface area contributed by atoms with E-state index in [-0.39, 0.29) is 42.7 Å².